The first-order valence-corrected chi connectivity index (χ1v) is 24.2. The van der Waals surface area contributed by atoms with Crippen LogP contribution in [0.25, 0.3) is 0 Å². The maximum Gasteiger partial charge on any atom is 0.243 e. The van der Waals surface area contributed by atoms with Crippen LogP contribution < -0.4 is 5.32 Å². The third-order valence-corrected chi connectivity index (χ3v) is 14.6. The molecule has 2 aliphatic rings. The van der Waals surface area contributed by atoms with Gasteiger partial charge in [-0.15, -0.1) is 11.8 Å². The van der Waals surface area contributed by atoms with Gasteiger partial charge in [-0.05, 0) is 85.7 Å². The van der Waals surface area contributed by atoms with Crippen molar-refractivity contribution in [3.8, 4) is 0 Å². The Morgan fingerprint density at radius 3 is 2.05 bits per heavy atom. The number of carbonyl (C=O) groups is 6. The van der Waals surface area contributed by atoms with E-state index in [-0.39, 0.29) is 89.0 Å². The molecule has 1 heterocycles. The zero-order valence-electron chi connectivity index (χ0n) is 40.6. The smallest absolute Gasteiger partial charge is 0.243 e. The Balaban J connectivity index is 1.97. The molecule has 1 saturated heterocycles. The molecule has 1 N–H and O–H groups in total. The molecule has 0 aromatic heterocycles. The van der Waals surface area contributed by atoms with Crippen LogP contribution in [0.2, 0.25) is 0 Å². The van der Waals surface area contributed by atoms with Crippen LogP contribution in [0.5, 0.6) is 0 Å². The van der Waals surface area contributed by atoms with E-state index in [0.29, 0.717) is 38.6 Å². The predicted molar refractivity (Wildman–Crippen MR) is 245 cm³/mol. The second-order valence-corrected chi connectivity index (χ2v) is 21.2. The Hall–Kier alpha value is -2.71. The van der Waals surface area contributed by atoms with Gasteiger partial charge in [-0.2, -0.15) is 0 Å². The highest BCUT2D eigenvalue weighted by molar-refractivity contribution is 8.00. The number of imide groups is 1. The van der Waals surface area contributed by atoms with Gasteiger partial charge in [0.2, 0.25) is 35.9 Å². The molecule has 1 aliphatic carbocycles. The number of nitrogens with one attached hydrogen (secondary N) is 1. The van der Waals surface area contributed by atoms with Crippen molar-refractivity contribution in [1.29, 1.82) is 0 Å². The lowest BCUT2D eigenvalue weighted by Crippen LogP contribution is -2.55. The molecular weight excluding hydrogens is 795 g/mol. The molecular formula is C47H85N5O8S. The second kappa shape index (κ2) is 25.5. The molecule has 0 aromatic rings. The molecule has 1 saturated carbocycles. The van der Waals surface area contributed by atoms with Crippen LogP contribution in [-0.4, -0.2) is 145 Å². The number of likely N-dealkylation sites (N-methyl/N-ethyl adjacent to an activating group) is 2. The van der Waals surface area contributed by atoms with Gasteiger partial charge in [0.25, 0.3) is 0 Å². The molecule has 2 fully saturated rings. The molecule has 0 aromatic carbocycles. The number of carbonyl (C=O) groups excluding carboxylic acids is 6. The number of likely N-dealkylation sites (tertiary alicyclic amines) is 1. The Kier molecular flexibility index (Phi) is 22.8. The summed E-state index contributed by atoms with van der Waals surface area (Å²) in [5, 5.41) is 2.55. The first-order chi connectivity index (χ1) is 28.6. The molecule has 13 nitrogen and oxygen atoms in total. The number of hydrogen-bond acceptors (Lipinski definition) is 9. The fraction of sp³-hybridized carbons (Fsp3) is 0.872. The van der Waals surface area contributed by atoms with E-state index in [0.717, 1.165) is 50.8 Å². The monoisotopic (exact) mass is 880 g/mol. The zero-order valence-corrected chi connectivity index (χ0v) is 41.4. The summed E-state index contributed by atoms with van der Waals surface area (Å²) in [5.41, 5.74) is 0.434. The van der Waals surface area contributed by atoms with Gasteiger partial charge in [0.05, 0.1) is 42.5 Å². The summed E-state index contributed by atoms with van der Waals surface area (Å²) >= 11 is 1.62. The van der Waals surface area contributed by atoms with Crippen LogP contribution >= 0.6 is 11.8 Å². The van der Waals surface area contributed by atoms with Gasteiger partial charge in [0.1, 0.15) is 6.04 Å². The van der Waals surface area contributed by atoms with Gasteiger partial charge < -0.3 is 29.5 Å². The van der Waals surface area contributed by atoms with Crippen molar-refractivity contribution in [3.05, 3.63) is 0 Å². The van der Waals surface area contributed by atoms with Gasteiger partial charge in [-0.25, -0.2) is 0 Å². The van der Waals surface area contributed by atoms with Gasteiger partial charge >= 0.3 is 0 Å². The quantitative estimate of drug-likeness (QED) is 0.0663. The van der Waals surface area contributed by atoms with Crippen molar-refractivity contribution < 1.29 is 38.2 Å². The van der Waals surface area contributed by atoms with Crippen molar-refractivity contribution in [2.45, 2.75) is 182 Å². The molecule has 2 rings (SSSR count). The number of rotatable bonds is 28. The maximum atomic E-state index is 14.1. The summed E-state index contributed by atoms with van der Waals surface area (Å²) in [4.78, 5) is 86.2. The van der Waals surface area contributed by atoms with Crippen LogP contribution in [0.3, 0.4) is 0 Å². The van der Waals surface area contributed by atoms with Crippen molar-refractivity contribution in [2.75, 3.05) is 53.7 Å². The van der Waals surface area contributed by atoms with Gasteiger partial charge in [0, 0.05) is 47.8 Å². The minimum atomic E-state index is -0.791. The summed E-state index contributed by atoms with van der Waals surface area (Å²) in [6.07, 6.45) is 8.80. The highest BCUT2D eigenvalue weighted by atomic mass is 32.2. The molecule has 1 spiro atoms. The first-order valence-electron chi connectivity index (χ1n) is 23.1. The summed E-state index contributed by atoms with van der Waals surface area (Å²) in [6.45, 7) is 21.4. The van der Waals surface area contributed by atoms with E-state index in [4.69, 9.17) is 9.47 Å². The number of amides is 6. The summed E-state index contributed by atoms with van der Waals surface area (Å²) < 4.78 is 11.9. The average Bonchev–Trinajstić information content (AvgIpc) is 3.86. The van der Waals surface area contributed by atoms with E-state index >= 15 is 0 Å². The minimum Gasteiger partial charge on any atom is -0.379 e. The minimum absolute atomic E-state index is 0.000498. The third kappa shape index (κ3) is 16.4. The zero-order chi connectivity index (χ0) is 46.2. The lowest BCUT2D eigenvalue weighted by Gasteiger charge is -2.39. The van der Waals surface area contributed by atoms with Gasteiger partial charge in [0.15, 0.2) is 0 Å². The predicted octanol–water partition coefficient (Wildman–Crippen LogP) is 6.80. The average molecular weight is 880 g/mol. The van der Waals surface area contributed by atoms with Crippen molar-refractivity contribution in [3.63, 3.8) is 0 Å². The van der Waals surface area contributed by atoms with E-state index < -0.39 is 24.1 Å². The Bertz CT molecular complexity index is 1420. The van der Waals surface area contributed by atoms with Gasteiger partial charge in [-0.3, -0.25) is 33.7 Å². The van der Waals surface area contributed by atoms with Crippen LogP contribution in [0, 0.1) is 28.6 Å². The Labute approximate surface area is 373 Å². The fourth-order valence-electron chi connectivity index (χ4n) is 9.09. The SMILES string of the molecule is CCC(SCCCC(C)(C)C)C(=O)N(C=O)CCCCCC(=O)N(C)C(C(=O)NCC(=O)N(C)C(C(C)CC)C(CC(=O)N1CC2(CC2)CC1C(OC)C(C)C)OC)C(C)C. The van der Waals surface area contributed by atoms with Crippen LogP contribution in [0.1, 0.15) is 146 Å². The van der Waals surface area contributed by atoms with Crippen LogP contribution in [-0.2, 0) is 38.2 Å². The van der Waals surface area contributed by atoms with Crippen molar-refractivity contribution in [2.24, 2.45) is 28.6 Å². The molecule has 6 amide bonds. The van der Waals surface area contributed by atoms with Crippen LogP contribution in [0.15, 0.2) is 0 Å². The molecule has 14 heteroatoms. The number of thioether (sulfide) groups is 1. The lowest BCUT2D eigenvalue weighted by molar-refractivity contribution is -0.145. The Morgan fingerprint density at radius 2 is 1.54 bits per heavy atom. The molecule has 0 bridgehead atoms. The largest absolute Gasteiger partial charge is 0.379 e. The molecule has 0 radical (unpaired) electrons. The molecule has 61 heavy (non-hydrogen) atoms. The van der Waals surface area contributed by atoms with Crippen LogP contribution in [0.4, 0.5) is 0 Å². The molecule has 352 valence electrons. The second-order valence-electron chi connectivity index (χ2n) is 19.9. The first kappa shape index (κ1) is 54.4. The number of hydrogen-bond donors (Lipinski definition) is 1. The maximum absolute atomic E-state index is 14.1. The number of unbranched alkanes of at least 4 members (excludes halogenated alkanes) is 2. The number of ether oxygens (including phenoxy) is 2. The van der Waals surface area contributed by atoms with E-state index in [9.17, 15) is 28.8 Å². The number of nitrogens with zero attached hydrogens (tertiary/aromatic N) is 4. The molecule has 7 unspecified atom stereocenters. The van der Waals surface area contributed by atoms with E-state index in [1.807, 2.05) is 39.5 Å². The fourth-order valence-corrected chi connectivity index (χ4v) is 10.2. The van der Waals surface area contributed by atoms with E-state index in [1.54, 1.807) is 45.0 Å². The van der Waals surface area contributed by atoms with Crippen molar-refractivity contribution >= 4 is 47.7 Å². The highest BCUT2D eigenvalue weighted by Gasteiger charge is 2.55. The topological polar surface area (TPSA) is 146 Å². The van der Waals surface area contributed by atoms with E-state index in [1.165, 1.54) is 9.80 Å². The highest BCUT2D eigenvalue weighted by Crippen LogP contribution is 2.56. The van der Waals surface area contributed by atoms with E-state index in [2.05, 4.69) is 39.9 Å². The molecule has 7 atom stereocenters. The third-order valence-electron chi connectivity index (χ3n) is 13.1. The standard InChI is InChI=1S/C47H85N5O8S/c1-15-34(7)42(36(59-13)27-39(55)52-30-47(23-24-47)28-35(52)43(60-14)33(5)6)50(12)40(56)29-48-44(57)41(32(3)4)49(11)38(54)21-18-17-19-25-51(31-53)45(58)37(16-2)61-26-20-22-46(8,9)10/h31-37,41-43H,15-30H2,1-14H3,(H,48,57). The summed E-state index contributed by atoms with van der Waals surface area (Å²) in [7, 11) is 6.62. The molecule has 1 aliphatic heterocycles. The summed E-state index contributed by atoms with van der Waals surface area (Å²) in [6, 6.07) is -1.21. The Morgan fingerprint density at radius 1 is 0.885 bits per heavy atom. The normalized spacial score (nSPS) is 19.0. The number of methoxy groups -OCH3 is 2. The van der Waals surface area contributed by atoms with Crippen molar-refractivity contribution in [1.82, 2.24) is 24.9 Å². The summed E-state index contributed by atoms with van der Waals surface area (Å²) in [5.74, 6) is -0.164. The lowest BCUT2D eigenvalue weighted by atomic mass is 9.90. The van der Waals surface area contributed by atoms with Gasteiger partial charge in [-0.1, -0.05) is 82.1 Å².